The fraction of sp³-hybridized carbons (Fsp3) is 0.357. The number of anilines is 1. The Balaban J connectivity index is 0.00000147. The summed E-state index contributed by atoms with van der Waals surface area (Å²) in [6.07, 6.45) is 0. The summed E-state index contributed by atoms with van der Waals surface area (Å²) in [5.41, 5.74) is 3.36. The maximum Gasteiger partial charge on any atom is 0.0738 e. The van der Waals surface area contributed by atoms with Gasteiger partial charge < -0.3 is 10.2 Å². The lowest BCUT2D eigenvalue weighted by atomic mass is 10.1. The van der Waals surface area contributed by atoms with E-state index in [0.717, 1.165) is 46.3 Å². The van der Waals surface area contributed by atoms with E-state index < -0.39 is 0 Å². The fourth-order valence-corrected chi connectivity index (χ4v) is 3.42. The van der Waals surface area contributed by atoms with Gasteiger partial charge in [0.15, 0.2) is 0 Å². The van der Waals surface area contributed by atoms with Crippen molar-refractivity contribution >= 4 is 60.9 Å². The third-order valence-electron chi connectivity index (χ3n) is 3.46. The predicted molar refractivity (Wildman–Crippen MR) is 94.2 cm³/mol. The monoisotopic (exact) mass is 419 g/mol. The molecule has 0 radical (unpaired) electrons. The maximum atomic E-state index is 4.67. The summed E-state index contributed by atoms with van der Waals surface area (Å²) in [4.78, 5) is 7.11. The van der Waals surface area contributed by atoms with Crippen LogP contribution < -0.4 is 10.2 Å². The van der Waals surface area contributed by atoms with Crippen molar-refractivity contribution < 1.29 is 0 Å². The first-order chi connectivity index (χ1) is 9.16. The van der Waals surface area contributed by atoms with Crippen molar-refractivity contribution in [3.8, 4) is 0 Å². The van der Waals surface area contributed by atoms with Crippen LogP contribution in [-0.2, 0) is 0 Å². The standard InChI is InChI=1S/C14H15Br2N3.ClH/c1-9-13(16)14(19-6-4-17-5-7-19)11-3-2-10(15)8-12(11)18-9;/h2-3,8,17H,4-7H2,1H3;1H. The van der Waals surface area contributed by atoms with E-state index in [1.165, 1.54) is 11.1 Å². The number of aromatic nitrogens is 1. The predicted octanol–water partition coefficient (Wildman–Crippen LogP) is 3.90. The van der Waals surface area contributed by atoms with E-state index in [1.54, 1.807) is 0 Å². The zero-order valence-electron chi connectivity index (χ0n) is 11.1. The molecule has 2 heterocycles. The molecule has 0 unspecified atom stereocenters. The van der Waals surface area contributed by atoms with Crippen molar-refractivity contribution in [3.63, 3.8) is 0 Å². The van der Waals surface area contributed by atoms with Crippen LogP contribution in [0, 0.1) is 6.92 Å². The van der Waals surface area contributed by atoms with E-state index in [0.29, 0.717) is 0 Å². The highest BCUT2D eigenvalue weighted by Crippen LogP contribution is 2.36. The van der Waals surface area contributed by atoms with E-state index in [-0.39, 0.29) is 12.4 Å². The number of hydrogen-bond donors (Lipinski definition) is 1. The largest absolute Gasteiger partial charge is 0.367 e. The van der Waals surface area contributed by atoms with Crippen LogP contribution in [0.2, 0.25) is 0 Å². The van der Waals surface area contributed by atoms with Crippen molar-refractivity contribution in [2.75, 3.05) is 31.1 Å². The van der Waals surface area contributed by atoms with Gasteiger partial charge in [0.25, 0.3) is 0 Å². The van der Waals surface area contributed by atoms with Crippen molar-refractivity contribution in [1.29, 1.82) is 0 Å². The Bertz CT molecular complexity index is 627. The number of nitrogens with one attached hydrogen (secondary N) is 1. The van der Waals surface area contributed by atoms with Crippen LogP contribution in [0.4, 0.5) is 5.69 Å². The molecule has 0 aliphatic carbocycles. The molecule has 1 saturated heterocycles. The summed E-state index contributed by atoms with van der Waals surface area (Å²) in [5.74, 6) is 0. The third kappa shape index (κ3) is 2.96. The molecule has 1 aromatic heterocycles. The summed E-state index contributed by atoms with van der Waals surface area (Å²) in [7, 11) is 0. The van der Waals surface area contributed by atoms with E-state index in [1.807, 2.05) is 0 Å². The van der Waals surface area contributed by atoms with Gasteiger partial charge in [-0.05, 0) is 41.1 Å². The Morgan fingerprint density at radius 2 is 1.90 bits per heavy atom. The van der Waals surface area contributed by atoms with Gasteiger partial charge in [-0.3, -0.25) is 4.98 Å². The van der Waals surface area contributed by atoms with Crippen LogP contribution in [0.5, 0.6) is 0 Å². The van der Waals surface area contributed by atoms with Crippen molar-refractivity contribution in [2.45, 2.75) is 6.92 Å². The first kappa shape index (κ1) is 16.0. The number of nitrogens with zero attached hydrogens (tertiary/aromatic N) is 2. The average Bonchev–Trinajstić information content (AvgIpc) is 2.41. The first-order valence-corrected chi connectivity index (χ1v) is 7.96. The maximum absolute atomic E-state index is 4.67. The minimum absolute atomic E-state index is 0. The number of halogens is 3. The van der Waals surface area contributed by atoms with Crippen LogP contribution in [0.25, 0.3) is 10.9 Å². The highest BCUT2D eigenvalue weighted by molar-refractivity contribution is 9.11. The average molecular weight is 422 g/mol. The third-order valence-corrected chi connectivity index (χ3v) is 4.90. The molecular weight excluding hydrogens is 405 g/mol. The molecule has 3 nitrogen and oxygen atoms in total. The number of rotatable bonds is 1. The molecule has 1 aromatic carbocycles. The Kier molecular flexibility index (Phi) is 5.29. The molecule has 1 aliphatic heterocycles. The molecule has 0 spiro atoms. The Morgan fingerprint density at radius 3 is 2.60 bits per heavy atom. The number of aryl methyl sites for hydroxylation is 1. The van der Waals surface area contributed by atoms with Crippen LogP contribution in [-0.4, -0.2) is 31.2 Å². The molecule has 1 fully saturated rings. The number of pyridine rings is 1. The molecule has 20 heavy (non-hydrogen) atoms. The molecule has 0 bridgehead atoms. The normalized spacial score (nSPS) is 15.2. The molecule has 1 aliphatic rings. The van der Waals surface area contributed by atoms with E-state index in [2.05, 4.69) is 72.2 Å². The molecule has 0 atom stereocenters. The quantitative estimate of drug-likeness (QED) is 0.757. The van der Waals surface area contributed by atoms with Gasteiger partial charge in [-0.15, -0.1) is 12.4 Å². The van der Waals surface area contributed by atoms with Gasteiger partial charge in [-0.2, -0.15) is 0 Å². The van der Waals surface area contributed by atoms with Gasteiger partial charge in [0.1, 0.15) is 0 Å². The minimum Gasteiger partial charge on any atom is -0.367 e. The number of hydrogen-bond acceptors (Lipinski definition) is 3. The molecule has 0 amide bonds. The number of piperazine rings is 1. The molecule has 1 N–H and O–H groups in total. The van der Waals surface area contributed by atoms with E-state index in [9.17, 15) is 0 Å². The van der Waals surface area contributed by atoms with Crippen molar-refractivity contribution in [3.05, 3.63) is 32.8 Å². The Morgan fingerprint density at radius 1 is 1.20 bits per heavy atom. The zero-order valence-corrected chi connectivity index (χ0v) is 15.1. The second-order valence-electron chi connectivity index (χ2n) is 4.76. The molecule has 3 rings (SSSR count). The van der Waals surface area contributed by atoms with Gasteiger partial charge in [-0.1, -0.05) is 15.9 Å². The van der Waals surface area contributed by atoms with Gasteiger partial charge in [0, 0.05) is 36.0 Å². The van der Waals surface area contributed by atoms with Crippen LogP contribution in [0.1, 0.15) is 5.69 Å². The number of benzene rings is 1. The summed E-state index contributed by atoms with van der Waals surface area (Å²) in [5, 5.41) is 4.61. The lowest BCUT2D eigenvalue weighted by Crippen LogP contribution is -2.43. The van der Waals surface area contributed by atoms with E-state index >= 15 is 0 Å². The van der Waals surface area contributed by atoms with Gasteiger partial charge in [0.2, 0.25) is 0 Å². The molecular formula is C14H16Br2ClN3. The summed E-state index contributed by atoms with van der Waals surface area (Å²) in [6.45, 7) is 6.19. The second-order valence-corrected chi connectivity index (χ2v) is 6.47. The highest BCUT2D eigenvalue weighted by atomic mass is 79.9. The Labute approximate surface area is 141 Å². The molecule has 108 valence electrons. The van der Waals surface area contributed by atoms with Crippen LogP contribution in [0.3, 0.4) is 0 Å². The smallest absolute Gasteiger partial charge is 0.0738 e. The summed E-state index contributed by atoms with van der Waals surface area (Å²) in [6, 6.07) is 6.31. The second kappa shape index (κ2) is 6.60. The van der Waals surface area contributed by atoms with E-state index in [4.69, 9.17) is 0 Å². The zero-order chi connectivity index (χ0) is 13.4. The SMILES string of the molecule is Cc1nc2cc(Br)ccc2c(N2CCNCC2)c1Br.Cl. The van der Waals surface area contributed by atoms with Crippen LogP contribution >= 0.6 is 44.3 Å². The number of fused-ring (bicyclic) bond motifs is 1. The lowest BCUT2D eigenvalue weighted by molar-refractivity contribution is 0.589. The Hall–Kier alpha value is -0.360. The van der Waals surface area contributed by atoms with Gasteiger partial charge in [0.05, 0.1) is 21.4 Å². The lowest BCUT2D eigenvalue weighted by Gasteiger charge is -2.31. The van der Waals surface area contributed by atoms with Gasteiger partial charge >= 0.3 is 0 Å². The molecule has 0 saturated carbocycles. The summed E-state index contributed by atoms with van der Waals surface area (Å²) < 4.78 is 2.18. The van der Waals surface area contributed by atoms with Crippen molar-refractivity contribution in [2.24, 2.45) is 0 Å². The highest BCUT2D eigenvalue weighted by Gasteiger charge is 2.18. The fourth-order valence-electron chi connectivity index (χ4n) is 2.51. The topological polar surface area (TPSA) is 28.2 Å². The summed E-state index contributed by atoms with van der Waals surface area (Å²) >= 11 is 7.24. The van der Waals surface area contributed by atoms with Crippen LogP contribution in [0.15, 0.2) is 27.1 Å². The van der Waals surface area contributed by atoms with Crippen molar-refractivity contribution in [1.82, 2.24) is 10.3 Å². The molecule has 6 heteroatoms. The minimum atomic E-state index is 0. The first-order valence-electron chi connectivity index (χ1n) is 6.38. The van der Waals surface area contributed by atoms with Gasteiger partial charge in [-0.25, -0.2) is 0 Å². The molecule has 2 aromatic rings.